The van der Waals surface area contributed by atoms with Crippen molar-refractivity contribution in [2.24, 2.45) is 5.92 Å². The van der Waals surface area contributed by atoms with E-state index in [9.17, 15) is 0 Å². The van der Waals surface area contributed by atoms with Gasteiger partial charge in [0.2, 0.25) is 0 Å². The summed E-state index contributed by atoms with van der Waals surface area (Å²) in [6.07, 6.45) is 1.44. The first-order valence-corrected chi connectivity index (χ1v) is 5.19. The fourth-order valence-corrected chi connectivity index (χ4v) is 1.63. The summed E-state index contributed by atoms with van der Waals surface area (Å²) in [5.41, 5.74) is 0. The molecule has 0 bridgehead atoms. The average molecular weight is 230 g/mol. The summed E-state index contributed by atoms with van der Waals surface area (Å²) in [5, 5.41) is 0.345. The fourth-order valence-electron chi connectivity index (χ4n) is 1.43. The molecule has 0 aliphatic carbocycles. The van der Waals surface area contributed by atoms with Crippen molar-refractivity contribution in [3.8, 4) is 5.75 Å². The molecule has 0 saturated heterocycles. The van der Waals surface area contributed by atoms with Crippen LogP contribution in [-0.2, 0) is 0 Å². The molecule has 0 amide bonds. The number of aromatic nitrogens is 2. The molecule has 0 aliphatic rings. The third-order valence-corrected chi connectivity index (χ3v) is 2.22. The largest absolute Gasteiger partial charge is 0.490 e. The van der Waals surface area contributed by atoms with E-state index in [-0.39, 0.29) is 0 Å². The predicted octanol–water partition coefficient (Wildman–Crippen LogP) is 2.23. The molecule has 1 aromatic heterocycles. The highest BCUT2D eigenvalue weighted by atomic mass is 35.5. The molecule has 4 nitrogen and oxygen atoms in total. The molecule has 0 atom stereocenters. The molecule has 0 unspecified atom stereocenters. The van der Waals surface area contributed by atoms with Gasteiger partial charge in [-0.1, -0.05) is 25.4 Å². The predicted molar refractivity (Wildman–Crippen MR) is 61.7 cm³/mol. The SMILES string of the molecule is COc1c(Cl)ncnc1N(C)CC(C)C. The fraction of sp³-hybridized carbons (Fsp3) is 0.600. The van der Waals surface area contributed by atoms with Gasteiger partial charge in [0.05, 0.1) is 7.11 Å². The number of rotatable bonds is 4. The van der Waals surface area contributed by atoms with Crippen LogP contribution >= 0.6 is 11.6 Å². The van der Waals surface area contributed by atoms with Crippen molar-refractivity contribution in [1.82, 2.24) is 9.97 Å². The highest BCUT2D eigenvalue weighted by Gasteiger charge is 2.14. The lowest BCUT2D eigenvalue weighted by molar-refractivity contribution is 0.410. The topological polar surface area (TPSA) is 38.3 Å². The highest BCUT2D eigenvalue weighted by molar-refractivity contribution is 6.31. The lowest BCUT2D eigenvalue weighted by atomic mass is 10.2. The molecule has 0 aromatic carbocycles. The van der Waals surface area contributed by atoms with Gasteiger partial charge in [-0.25, -0.2) is 9.97 Å². The van der Waals surface area contributed by atoms with Crippen LogP contribution in [-0.4, -0.2) is 30.7 Å². The van der Waals surface area contributed by atoms with Crippen LogP contribution in [0.2, 0.25) is 5.15 Å². The maximum absolute atomic E-state index is 5.91. The van der Waals surface area contributed by atoms with E-state index in [1.54, 1.807) is 7.11 Å². The molecule has 1 rings (SSSR count). The van der Waals surface area contributed by atoms with Crippen molar-refractivity contribution in [3.63, 3.8) is 0 Å². The van der Waals surface area contributed by atoms with E-state index in [4.69, 9.17) is 16.3 Å². The quantitative estimate of drug-likeness (QED) is 0.743. The summed E-state index contributed by atoms with van der Waals surface area (Å²) in [6.45, 7) is 5.18. The Morgan fingerprint density at radius 1 is 1.47 bits per heavy atom. The van der Waals surface area contributed by atoms with Gasteiger partial charge in [-0.05, 0) is 5.92 Å². The summed E-state index contributed by atoms with van der Waals surface area (Å²) in [4.78, 5) is 10.1. The van der Waals surface area contributed by atoms with Gasteiger partial charge in [0.1, 0.15) is 6.33 Å². The normalized spacial score (nSPS) is 10.5. The molecule has 1 aromatic rings. The Balaban J connectivity index is 2.97. The van der Waals surface area contributed by atoms with Gasteiger partial charge in [0.25, 0.3) is 0 Å². The molecule has 1 heterocycles. The lowest BCUT2D eigenvalue weighted by Crippen LogP contribution is -2.24. The Kier molecular flexibility index (Phi) is 4.15. The molecule has 5 heteroatoms. The zero-order chi connectivity index (χ0) is 11.4. The first-order valence-electron chi connectivity index (χ1n) is 4.81. The van der Waals surface area contributed by atoms with Gasteiger partial charge in [-0.2, -0.15) is 0 Å². The highest BCUT2D eigenvalue weighted by Crippen LogP contribution is 2.30. The van der Waals surface area contributed by atoms with Gasteiger partial charge in [-0.3, -0.25) is 0 Å². The minimum atomic E-state index is 0.345. The number of nitrogens with zero attached hydrogens (tertiary/aromatic N) is 3. The third-order valence-electron chi connectivity index (χ3n) is 1.95. The summed E-state index contributed by atoms with van der Waals surface area (Å²) in [6, 6.07) is 0. The molecule has 0 saturated carbocycles. The first kappa shape index (κ1) is 12.0. The van der Waals surface area contributed by atoms with Crippen molar-refractivity contribution < 1.29 is 4.74 Å². The van der Waals surface area contributed by atoms with Crippen molar-refractivity contribution in [3.05, 3.63) is 11.5 Å². The number of methoxy groups -OCH3 is 1. The van der Waals surface area contributed by atoms with E-state index in [2.05, 4.69) is 23.8 Å². The molecule has 0 aliphatic heterocycles. The molecule has 0 N–H and O–H groups in total. The number of halogens is 1. The number of hydrogen-bond donors (Lipinski definition) is 0. The second-order valence-corrected chi connectivity index (χ2v) is 4.15. The van der Waals surface area contributed by atoms with Crippen LogP contribution in [0.5, 0.6) is 5.75 Å². The Morgan fingerprint density at radius 3 is 2.67 bits per heavy atom. The smallest absolute Gasteiger partial charge is 0.199 e. The van der Waals surface area contributed by atoms with Gasteiger partial charge < -0.3 is 9.64 Å². The van der Waals surface area contributed by atoms with Crippen molar-refractivity contribution in [2.75, 3.05) is 25.6 Å². The van der Waals surface area contributed by atoms with Crippen LogP contribution in [0.15, 0.2) is 6.33 Å². The zero-order valence-electron chi connectivity index (χ0n) is 9.49. The average Bonchev–Trinajstić information content (AvgIpc) is 2.16. The third kappa shape index (κ3) is 2.96. The van der Waals surface area contributed by atoms with Crippen LogP contribution in [0.1, 0.15) is 13.8 Å². The molecular formula is C10H16ClN3O. The van der Waals surface area contributed by atoms with Crippen molar-refractivity contribution >= 4 is 17.4 Å². The van der Waals surface area contributed by atoms with Crippen LogP contribution in [0, 0.1) is 5.92 Å². The second-order valence-electron chi connectivity index (χ2n) is 3.80. The zero-order valence-corrected chi connectivity index (χ0v) is 10.2. The van der Waals surface area contributed by atoms with E-state index in [1.807, 2.05) is 11.9 Å². The Labute approximate surface area is 95.2 Å². The van der Waals surface area contributed by atoms with Crippen LogP contribution < -0.4 is 9.64 Å². The summed E-state index contributed by atoms with van der Waals surface area (Å²) < 4.78 is 5.18. The molecule has 84 valence electrons. The monoisotopic (exact) mass is 229 g/mol. The van der Waals surface area contributed by atoms with E-state index in [0.717, 1.165) is 12.4 Å². The maximum Gasteiger partial charge on any atom is 0.199 e. The van der Waals surface area contributed by atoms with Gasteiger partial charge in [0, 0.05) is 13.6 Å². The van der Waals surface area contributed by atoms with Gasteiger partial charge >= 0.3 is 0 Å². The summed E-state index contributed by atoms with van der Waals surface area (Å²) in [7, 11) is 3.53. The molecule has 0 fully saturated rings. The van der Waals surface area contributed by atoms with Crippen LogP contribution in [0.3, 0.4) is 0 Å². The lowest BCUT2D eigenvalue weighted by Gasteiger charge is -2.22. The summed E-state index contributed by atoms with van der Waals surface area (Å²) >= 11 is 5.91. The van der Waals surface area contributed by atoms with E-state index in [0.29, 0.717) is 16.8 Å². The van der Waals surface area contributed by atoms with Gasteiger partial charge in [-0.15, -0.1) is 0 Å². The Morgan fingerprint density at radius 2 is 2.13 bits per heavy atom. The first-order chi connectivity index (χ1) is 7.06. The number of hydrogen-bond acceptors (Lipinski definition) is 4. The Bertz CT molecular complexity index is 330. The second kappa shape index (κ2) is 5.16. The number of anilines is 1. The maximum atomic E-state index is 5.91. The molecular weight excluding hydrogens is 214 g/mol. The van der Waals surface area contributed by atoms with Crippen molar-refractivity contribution in [1.29, 1.82) is 0 Å². The molecule has 0 spiro atoms. The Hall–Kier alpha value is -1.03. The molecule has 0 radical (unpaired) electrons. The van der Waals surface area contributed by atoms with E-state index < -0.39 is 0 Å². The van der Waals surface area contributed by atoms with E-state index >= 15 is 0 Å². The summed E-state index contributed by atoms with van der Waals surface area (Å²) in [5.74, 6) is 1.81. The minimum absolute atomic E-state index is 0.345. The van der Waals surface area contributed by atoms with E-state index in [1.165, 1.54) is 6.33 Å². The number of ether oxygens (including phenoxy) is 1. The minimum Gasteiger partial charge on any atom is -0.490 e. The van der Waals surface area contributed by atoms with Crippen LogP contribution in [0.4, 0.5) is 5.82 Å². The standard InChI is InChI=1S/C10H16ClN3O/c1-7(2)5-14(3)10-8(15-4)9(11)12-6-13-10/h6-7H,5H2,1-4H3. The molecule has 15 heavy (non-hydrogen) atoms. The van der Waals surface area contributed by atoms with Gasteiger partial charge in [0.15, 0.2) is 16.7 Å². The van der Waals surface area contributed by atoms with Crippen LogP contribution in [0.25, 0.3) is 0 Å². The van der Waals surface area contributed by atoms with Crippen molar-refractivity contribution in [2.45, 2.75) is 13.8 Å².